The third kappa shape index (κ3) is 3.19. The van der Waals surface area contributed by atoms with E-state index in [-0.39, 0.29) is 5.76 Å². The summed E-state index contributed by atoms with van der Waals surface area (Å²) >= 11 is 0. The van der Waals surface area contributed by atoms with E-state index < -0.39 is 5.97 Å². The van der Waals surface area contributed by atoms with Crippen LogP contribution in [0.3, 0.4) is 0 Å². The van der Waals surface area contributed by atoms with Gasteiger partial charge in [-0.25, -0.2) is 4.79 Å². The van der Waals surface area contributed by atoms with Crippen LogP contribution < -0.4 is 4.74 Å². The van der Waals surface area contributed by atoms with Crippen molar-refractivity contribution in [3.8, 4) is 5.75 Å². The van der Waals surface area contributed by atoms with E-state index in [1.165, 1.54) is 5.56 Å². The SMILES string of the molecule is CCOC(=O)C1=CC=C(c2cccc(C)c2)c2ccccc2O1. The van der Waals surface area contributed by atoms with Gasteiger partial charge in [-0.05, 0) is 43.2 Å². The van der Waals surface area contributed by atoms with Crippen molar-refractivity contribution in [2.24, 2.45) is 0 Å². The predicted octanol–water partition coefficient (Wildman–Crippen LogP) is 4.27. The molecule has 3 rings (SSSR count). The normalized spacial score (nSPS) is 13.1. The van der Waals surface area contributed by atoms with Crippen molar-refractivity contribution < 1.29 is 14.3 Å². The number of ether oxygens (including phenoxy) is 2. The van der Waals surface area contributed by atoms with E-state index in [4.69, 9.17) is 9.47 Å². The fourth-order valence-electron chi connectivity index (χ4n) is 2.56. The highest BCUT2D eigenvalue weighted by atomic mass is 16.6. The summed E-state index contributed by atoms with van der Waals surface area (Å²) < 4.78 is 10.8. The van der Waals surface area contributed by atoms with Crippen molar-refractivity contribution in [3.63, 3.8) is 0 Å². The first kappa shape index (κ1) is 15.1. The van der Waals surface area contributed by atoms with Gasteiger partial charge < -0.3 is 9.47 Å². The molecule has 0 bridgehead atoms. The fourth-order valence-corrected chi connectivity index (χ4v) is 2.56. The molecule has 0 saturated heterocycles. The molecule has 1 aliphatic rings. The summed E-state index contributed by atoms with van der Waals surface area (Å²) in [6, 6.07) is 16.0. The van der Waals surface area contributed by atoms with Gasteiger partial charge >= 0.3 is 5.97 Å². The fraction of sp³-hybridized carbons (Fsp3) is 0.150. The van der Waals surface area contributed by atoms with Crippen LogP contribution in [0, 0.1) is 6.92 Å². The van der Waals surface area contributed by atoms with Crippen LogP contribution in [0.15, 0.2) is 66.4 Å². The van der Waals surface area contributed by atoms with Crippen molar-refractivity contribution in [3.05, 3.63) is 83.1 Å². The Balaban J connectivity index is 2.11. The summed E-state index contributed by atoms with van der Waals surface area (Å²) in [5, 5.41) is 0. The molecule has 1 heterocycles. The van der Waals surface area contributed by atoms with Crippen molar-refractivity contribution in [1.29, 1.82) is 0 Å². The molecule has 0 amide bonds. The van der Waals surface area contributed by atoms with Crippen LogP contribution >= 0.6 is 0 Å². The zero-order chi connectivity index (χ0) is 16.2. The molecule has 23 heavy (non-hydrogen) atoms. The summed E-state index contributed by atoms with van der Waals surface area (Å²) in [6.45, 7) is 4.15. The van der Waals surface area contributed by atoms with E-state index in [0.717, 1.165) is 16.7 Å². The molecular weight excluding hydrogens is 288 g/mol. The van der Waals surface area contributed by atoms with Gasteiger partial charge in [-0.1, -0.05) is 48.0 Å². The highest BCUT2D eigenvalue weighted by Crippen LogP contribution is 2.34. The van der Waals surface area contributed by atoms with Gasteiger partial charge in [0.25, 0.3) is 0 Å². The summed E-state index contributed by atoms with van der Waals surface area (Å²) in [4.78, 5) is 12.0. The lowest BCUT2D eigenvalue weighted by molar-refractivity contribution is -0.141. The molecule has 0 N–H and O–H groups in total. The summed E-state index contributed by atoms with van der Waals surface area (Å²) in [5.74, 6) is 0.392. The minimum Gasteiger partial charge on any atom is -0.460 e. The molecule has 3 nitrogen and oxygen atoms in total. The largest absolute Gasteiger partial charge is 0.460 e. The number of carbonyl (C=O) groups excluding carboxylic acids is 1. The third-order valence-corrected chi connectivity index (χ3v) is 3.60. The smallest absolute Gasteiger partial charge is 0.374 e. The van der Waals surface area contributed by atoms with Gasteiger partial charge in [-0.2, -0.15) is 0 Å². The molecular formula is C20H18O3. The molecule has 1 aliphatic heterocycles. The van der Waals surface area contributed by atoms with E-state index in [1.54, 1.807) is 13.0 Å². The van der Waals surface area contributed by atoms with Crippen LogP contribution in [0.2, 0.25) is 0 Å². The lowest BCUT2D eigenvalue weighted by Crippen LogP contribution is -2.12. The summed E-state index contributed by atoms with van der Waals surface area (Å²) in [6.07, 6.45) is 3.59. The van der Waals surface area contributed by atoms with Crippen LogP contribution in [0.5, 0.6) is 5.75 Å². The minimum atomic E-state index is -0.455. The first-order valence-electron chi connectivity index (χ1n) is 7.62. The Morgan fingerprint density at radius 3 is 2.70 bits per heavy atom. The maximum atomic E-state index is 12.0. The van der Waals surface area contributed by atoms with E-state index in [9.17, 15) is 4.79 Å². The summed E-state index contributed by atoms with van der Waals surface area (Å²) in [5.41, 5.74) is 4.24. The Kier molecular flexibility index (Phi) is 4.29. The highest BCUT2D eigenvalue weighted by molar-refractivity contribution is 5.91. The second-order valence-electron chi connectivity index (χ2n) is 5.30. The molecule has 0 fully saturated rings. The molecule has 0 saturated carbocycles. The molecule has 0 unspecified atom stereocenters. The topological polar surface area (TPSA) is 35.5 Å². The first-order chi connectivity index (χ1) is 11.2. The number of carbonyl (C=O) groups is 1. The molecule has 0 aromatic heterocycles. The molecule has 0 atom stereocenters. The average molecular weight is 306 g/mol. The van der Waals surface area contributed by atoms with Gasteiger partial charge in [-0.3, -0.25) is 0 Å². The highest BCUT2D eigenvalue weighted by Gasteiger charge is 2.20. The Bertz CT molecular complexity index is 800. The Morgan fingerprint density at radius 1 is 1.09 bits per heavy atom. The molecule has 0 radical (unpaired) electrons. The number of esters is 1. The number of allylic oxidation sites excluding steroid dienone is 2. The van der Waals surface area contributed by atoms with E-state index in [1.807, 2.05) is 36.4 Å². The zero-order valence-corrected chi connectivity index (χ0v) is 13.2. The number of hydrogen-bond acceptors (Lipinski definition) is 3. The van der Waals surface area contributed by atoms with Gasteiger partial charge in [0.1, 0.15) is 5.75 Å². The number of hydrogen-bond donors (Lipinski definition) is 0. The van der Waals surface area contributed by atoms with Crippen molar-refractivity contribution >= 4 is 11.5 Å². The lowest BCUT2D eigenvalue weighted by Gasteiger charge is -2.12. The maximum Gasteiger partial charge on any atom is 0.374 e. The average Bonchev–Trinajstić information content (AvgIpc) is 2.75. The Hall–Kier alpha value is -2.81. The number of benzene rings is 2. The van der Waals surface area contributed by atoms with Gasteiger partial charge in [0.05, 0.1) is 6.61 Å². The van der Waals surface area contributed by atoms with Crippen molar-refractivity contribution in [2.75, 3.05) is 6.61 Å². The van der Waals surface area contributed by atoms with Crippen LogP contribution in [-0.2, 0) is 9.53 Å². The predicted molar refractivity (Wildman–Crippen MR) is 90.0 cm³/mol. The Labute approximate surface area is 135 Å². The molecule has 0 aliphatic carbocycles. The maximum absolute atomic E-state index is 12.0. The third-order valence-electron chi connectivity index (χ3n) is 3.60. The standard InChI is InChI=1S/C20H18O3/c1-3-22-20(21)19-12-11-16(15-8-6-7-14(2)13-15)17-9-4-5-10-18(17)23-19/h4-13H,3H2,1-2H3. The number of rotatable bonds is 3. The van der Waals surface area contributed by atoms with Crippen molar-refractivity contribution in [1.82, 2.24) is 0 Å². The van der Waals surface area contributed by atoms with Crippen LogP contribution in [-0.4, -0.2) is 12.6 Å². The lowest BCUT2D eigenvalue weighted by atomic mass is 9.96. The second-order valence-corrected chi connectivity index (χ2v) is 5.30. The number of aryl methyl sites for hydroxylation is 1. The number of fused-ring (bicyclic) bond motifs is 1. The van der Waals surface area contributed by atoms with Gasteiger partial charge in [-0.15, -0.1) is 0 Å². The van der Waals surface area contributed by atoms with Crippen LogP contribution in [0.25, 0.3) is 5.57 Å². The molecule has 3 heteroatoms. The van der Waals surface area contributed by atoms with Crippen LogP contribution in [0.1, 0.15) is 23.6 Å². The van der Waals surface area contributed by atoms with Gasteiger partial charge in [0.2, 0.25) is 5.76 Å². The minimum absolute atomic E-state index is 0.196. The zero-order valence-electron chi connectivity index (χ0n) is 13.2. The van der Waals surface area contributed by atoms with Crippen molar-refractivity contribution in [2.45, 2.75) is 13.8 Å². The van der Waals surface area contributed by atoms with E-state index in [0.29, 0.717) is 12.4 Å². The molecule has 0 spiro atoms. The molecule has 116 valence electrons. The van der Waals surface area contributed by atoms with Gasteiger partial charge in [0.15, 0.2) is 0 Å². The van der Waals surface area contributed by atoms with E-state index >= 15 is 0 Å². The monoisotopic (exact) mass is 306 g/mol. The Morgan fingerprint density at radius 2 is 1.91 bits per heavy atom. The first-order valence-corrected chi connectivity index (χ1v) is 7.62. The van der Waals surface area contributed by atoms with E-state index in [2.05, 4.69) is 25.1 Å². The van der Waals surface area contributed by atoms with Crippen LogP contribution in [0.4, 0.5) is 0 Å². The summed E-state index contributed by atoms with van der Waals surface area (Å²) in [7, 11) is 0. The second kappa shape index (κ2) is 6.53. The number of para-hydroxylation sites is 1. The van der Waals surface area contributed by atoms with Gasteiger partial charge in [0, 0.05) is 5.56 Å². The molecule has 2 aromatic rings. The molecule has 2 aromatic carbocycles. The quantitative estimate of drug-likeness (QED) is 0.795.